The van der Waals surface area contributed by atoms with Crippen LogP contribution >= 0.6 is 0 Å². The molecule has 1 unspecified atom stereocenters. The zero-order chi connectivity index (χ0) is 13.0. The number of nitrogens with zero attached hydrogens (tertiary/aromatic N) is 3. The molecule has 0 aliphatic rings. The predicted octanol–water partition coefficient (Wildman–Crippen LogP) is 2.07. The maximum atomic E-state index is 13.5. The molecule has 2 rings (SSSR count). The van der Waals surface area contributed by atoms with Crippen molar-refractivity contribution in [1.29, 1.82) is 0 Å². The minimum atomic E-state index is -0.288. The Balaban J connectivity index is 2.14. The fourth-order valence-electron chi connectivity index (χ4n) is 1.94. The Morgan fingerprint density at radius 3 is 2.89 bits per heavy atom. The van der Waals surface area contributed by atoms with Crippen molar-refractivity contribution in [3.05, 3.63) is 47.5 Å². The molecular formula is C13H17FN4. The first-order chi connectivity index (χ1) is 8.72. The molecule has 0 aliphatic heterocycles. The van der Waals surface area contributed by atoms with Gasteiger partial charge in [0.2, 0.25) is 0 Å². The monoisotopic (exact) mass is 248 g/mol. The van der Waals surface area contributed by atoms with Crippen LogP contribution in [0.1, 0.15) is 30.6 Å². The summed E-state index contributed by atoms with van der Waals surface area (Å²) in [5.41, 5.74) is 7.57. The van der Waals surface area contributed by atoms with E-state index in [4.69, 9.17) is 5.73 Å². The number of benzene rings is 1. The molecule has 2 N–H and O–H groups in total. The third kappa shape index (κ3) is 2.73. The highest BCUT2D eigenvalue weighted by Crippen LogP contribution is 2.17. The second kappa shape index (κ2) is 5.73. The van der Waals surface area contributed by atoms with Crippen LogP contribution in [0.5, 0.6) is 0 Å². The van der Waals surface area contributed by atoms with Gasteiger partial charge in [0.05, 0.1) is 17.9 Å². The quantitative estimate of drug-likeness (QED) is 0.881. The summed E-state index contributed by atoms with van der Waals surface area (Å²) in [6.07, 6.45) is 3.06. The average molecular weight is 248 g/mol. The molecule has 0 aliphatic carbocycles. The molecule has 1 aromatic heterocycles. The van der Waals surface area contributed by atoms with Gasteiger partial charge in [-0.05, 0) is 24.5 Å². The van der Waals surface area contributed by atoms with E-state index in [2.05, 4.69) is 17.2 Å². The molecule has 1 aromatic carbocycles. The second-order valence-electron chi connectivity index (χ2n) is 4.28. The minimum absolute atomic E-state index is 0.220. The van der Waals surface area contributed by atoms with Crippen LogP contribution < -0.4 is 5.73 Å². The smallest absolute Gasteiger partial charge is 0.126 e. The number of hydrogen-bond acceptors (Lipinski definition) is 3. The van der Waals surface area contributed by atoms with E-state index in [9.17, 15) is 4.39 Å². The highest BCUT2D eigenvalue weighted by molar-refractivity contribution is 5.20. The lowest BCUT2D eigenvalue weighted by Crippen LogP contribution is -2.19. The van der Waals surface area contributed by atoms with Crippen molar-refractivity contribution in [2.45, 2.75) is 32.4 Å². The van der Waals surface area contributed by atoms with Crippen molar-refractivity contribution in [2.24, 2.45) is 5.73 Å². The Morgan fingerprint density at radius 1 is 1.39 bits per heavy atom. The zero-order valence-corrected chi connectivity index (χ0v) is 10.4. The molecule has 0 amide bonds. The highest BCUT2D eigenvalue weighted by Gasteiger charge is 2.14. The minimum Gasteiger partial charge on any atom is -0.322 e. The molecule has 96 valence electrons. The van der Waals surface area contributed by atoms with Gasteiger partial charge in [0, 0.05) is 6.54 Å². The van der Waals surface area contributed by atoms with E-state index >= 15 is 0 Å². The lowest BCUT2D eigenvalue weighted by Gasteiger charge is -2.13. The van der Waals surface area contributed by atoms with Crippen LogP contribution in [0.4, 0.5) is 4.39 Å². The van der Waals surface area contributed by atoms with Crippen LogP contribution in [0.2, 0.25) is 0 Å². The maximum absolute atomic E-state index is 13.5. The van der Waals surface area contributed by atoms with Crippen LogP contribution in [-0.4, -0.2) is 15.0 Å². The first-order valence-electron chi connectivity index (χ1n) is 6.09. The number of aromatic nitrogens is 3. The summed E-state index contributed by atoms with van der Waals surface area (Å²) in [4.78, 5) is 0. The Morgan fingerprint density at radius 2 is 2.17 bits per heavy atom. The lowest BCUT2D eigenvalue weighted by molar-refractivity contribution is 0.519. The molecule has 0 bridgehead atoms. The van der Waals surface area contributed by atoms with E-state index in [1.165, 1.54) is 6.07 Å². The number of hydrogen-bond donors (Lipinski definition) is 1. The molecule has 2 aromatic rings. The number of halogens is 1. The molecule has 0 saturated carbocycles. The Bertz CT molecular complexity index is 509. The van der Waals surface area contributed by atoms with Crippen LogP contribution in [-0.2, 0) is 13.0 Å². The van der Waals surface area contributed by atoms with Gasteiger partial charge < -0.3 is 5.73 Å². The second-order valence-corrected chi connectivity index (χ2v) is 4.28. The van der Waals surface area contributed by atoms with Gasteiger partial charge in [0.25, 0.3) is 0 Å². The largest absolute Gasteiger partial charge is 0.322 e. The summed E-state index contributed by atoms with van der Waals surface area (Å²) in [7, 11) is 0. The van der Waals surface area contributed by atoms with Gasteiger partial charge in [-0.3, -0.25) is 0 Å². The summed E-state index contributed by atoms with van der Waals surface area (Å²) < 4.78 is 15.3. The van der Waals surface area contributed by atoms with E-state index in [-0.39, 0.29) is 11.9 Å². The van der Waals surface area contributed by atoms with Crippen molar-refractivity contribution in [3.63, 3.8) is 0 Å². The third-order valence-corrected chi connectivity index (χ3v) is 2.86. The van der Waals surface area contributed by atoms with Crippen molar-refractivity contribution in [2.75, 3.05) is 0 Å². The average Bonchev–Trinajstić information content (AvgIpc) is 2.81. The molecule has 1 atom stereocenters. The summed E-state index contributed by atoms with van der Waals surface area (Å²) in [5, 5.41) is 7.85. The fourth-order valence-corrected chi connectivity index (χ4v) is 1.94. The normalized spacial score (nSPS) is 12.6. The zero-order valence-electron chi connectivity index (χ0n) is 10.4. The van der Waals surface area contributed by atoms with Gasteiger partial charge in [0.15, 0.2) is 0 Å². The van der Waals surface area contributed by atoms with Crippen molar-refractivity contribution in [1.82, 2.24) is 15.0 Å². The van der Waals surface area contributed by atoms with Gasteiger partial charge in [-0.2, -0.15) is 0 Å². The Labute approximate surface area is 106 Å². The lowest BCUT2D eigenvalue weighted by atomic mass is 10.0. The first kappa shape index (κ1) is 12.7. The molecule has 0 fully saturated rings. The van der Waals surface area contributed by atoms with Gasteiger partial charge in [0.1, 0.15) is 5.82 Å². The molecule has 0 saturated heterocycles. The fraction of sp³-hybridized carbons (Fsp3) is 0.385. The summed E-state index contributed by atoms with van der Waals surface area (Å²) in [6.45, 7) is 2.84. The van der Waals surface area contributed by atoms with Gasteiger partial charge >= 0.3 is 0 Å². The van der Waals surface area contributed by atoms with E-state index in [0.29, 0.717) is 12.0 Å². The number of rotatable bonds is 5. The van der Waals surface area contributed by atoms with Crippen LogP contribution in [0, 0.1) is 5.82 Å². The predicted molar refractivity (Wildman–Crippen MR) is 67.3 cm³/mol. The summed E-state index contributed by atoms with van der Waals surface area (Å²) in [5.74, 6) is -0.220. The molecule has 4 nitrogen and oxygen atoms in total. The Hall–Kier alpha value is -1.75. The van der Waals surface area contributed by atoms with Gasteiger partial charge in [-0.15, -0.1) is 5.10 Å². The maximum Gasteiger partial charge on any atom is 0.126 e. The number of aryl methyl sites for hydroxylation is 1. The highest BCUT2D eigenvalue weighted by atomic mass is 19.1. The summed E-state index contributed by atoms with van der Waals surface area (Å²) >= 11 is 0. The third-order valence-electron chi connectivity index (χ3n) is 2.86. The van der Waals surface area contributed by atoms with Crippen LogP contribution in [0.15, 0.2) is 30.5 Å². The van der Waals surface area contributed by atoms with Crippen molar-refractivity contribution >= 4 is 0 Å². The van der Waals surface area contributed by atoms with Crippen molar-refractivity contribution < 1.29 is 4.39 Å². The van der Waals surface area contributed by atoms with Gasteiger partial charge in [-0.1, -0.05) is 30.3 Å². The van der Waals surface area contributed by atoms with E-state index < -0.39 is 0 Å². The molecule has 18 heavy (non-hydrogen) atoms. The molecule has 5 heteroatoms. The topological polar surface area (TPSA) is 56.7 Å². The van der Waals surface area contributed by atoms with E-state index in [0.717, 1.165) is 18.7 Å². The van der Waals surface area contributed by atoms with Gasteiger partial charge in [-0.25, -0.2) is 9.07 Å². The molecule has 1 heterocycles. The number of nitrogens with two attached hydrogens (primary N) is 1. The molecule has 0 radical (unpaired) electrons. The SMILES string of the molecule is CCCn1nncc1C(N)Cc1ccccc1F. The van der Waals surface area contributed by atoms with Crippen LogP contribution in [0.25, 0.3) is 0 Å². The molecular weight excluding hydrogens is 231 g/mol. The van der Waals surface area contributed by atoms with E-state index in [1.807, 2.05) is 6.07 Å². The van der Waals surface area contributed by atoms with E-state index in [1.54, 1.807) is 23.0 Å². The van der Waals surface area contributed by atoms with Crippen molar-refractivity contribution in [3.8, 4) is 0 Å². The first-order valence-corrected chi connectivity index (χ1v) is 6.09. The Kier molecular flexibility index (Phi) is 4.04. The summed E-state index contributed by atoms with van der Waals surface area (Å²) in [6, 6.07) is 6.40. The standard InChI is InChI=1S/C13H17FN4/c1-2-7-18-13(9-16-17-18)12(15)8-10-5-3-4-6-11(10)14/h3-6,9,12H,2,7-8,15H2,1H3. The van der Waals surface area contributed by atoms with Crippen LogP contribution in [0.3, 0.4) is 0 Å². The molecule has 0 spiro atoms.